The Bertz CT molecular complexity index is 1170. The van der Waals surface area contributed by atoms with E-state index in [0.717, 1.165) is 38.5 Å². The molecule has 0 aromatic heterocycles. The Morgan fingerprint density at radius 3 is 1.76 bits per heavy atom. The topological polar surface area (TPSA) is 197 Å². The van der Waals surface area contributed by atoms with Gasteiger partial charge in [0.2, 0.25) is 0 Å². The monoisotopic (exact) mass is 728 g/mol. The van der Waals surface area contributed by atoms with Gasteiger partial charge >= 0.3 is 0 Å². The van der Waals surface area contributed by atoms with Gasteiger partial charge in [0.25, 0.3) is 0 Å². The highest BCUT2D eigenvalue weighted by atomic mass is 16.7. The zero-order valence-corrected chi connectivity index (χ0v) is 31.0. The van der Waals surface area contributed by atoms with Crippen LogP contribution < -0.4 is 0 Å². The fourth-order valence-electron chi connectivity index (χ4n) is 12.0. The van der Waals surface area contributed by atoms with E-state index in [1.54, 1.807) is 13.8 Å². The van der Waals surface area contributed by atoms with E-state index < -0.39 is 90.9 Å². The van der Waals surface area contributed by atoms with Crippen LogP contribution in [0.25, 0.3) is 0 Å². The normalized spacial score (nSPS) is 57.6. The van der Waals surface area contributed by atoms with Gasteiger partial charge in [0.05, 0.1) is 54.4 Å². The van der Waals surface area contributed by atoms with Crippen molar-refractivity contribution in [1.82, 2.24) is 0 Å². The number of hydrogen-bond donors (Lipinski definition) is 7. The fraction of sp³-hybridized carbons (Fsp3) is 1.00. The second kappa shape index (κ2) is 14.5. The summed E-state index contributed by atoms with van der Waals surface area (Å²) in [7, 11) is 0. The summed E-state index contributed by atoms with van der Waals surface area (Å²) in [4.78, 5) is 0. The molecule has 6 unspecified atom stereocenters. The Morgan fingerprint density at radius 1 is 0.627 bits per heavy atom. The molecule has 13 nitrogen and oxygen atoms in total. The summed E-state index contributed by atoms with van der Waals surface area (Å²) in [5, 5.41) is 76.1. The lowest BCUT2D eigenvalue weighted by Gasteiger charge is -2.65. The number of aliphatic hydroxyl groups is 7. The van der Waals surface area contributed by atoms with E-state index in [-0.39, 0.29) is 55.1 Å². The summed E-state index contributed by atoms with van der Waals surface area (Å²) in [6.07, 6.45) is -2.72. The summed E-state index contributed by atoms with van der Waals surface area (Å²) in [5.41, 5.74) is -1.66. The molecule has 0 radical (unpaired) electrons. The molecule has 3 heterocycles. The van der Waals surface area contributed by atoms with Gasteiger partial charge in [0.15, 0.2) is 18.9 Å². The molecule has 4 saturated carbocycles. The molecule has 7 fully saturated rings. The van der Waals surface area contributed by atoms with E-state index in [1.807, 2.05) is 13.8 Å². The largest absolute Gasteiger partial charge is 0.396 e. The van der Waals surface area contributed by atoms with Gasteiger partial charge in [-0.3, -0.25) is 0 Å². The molecule has 0 spiro atoms. The van der Waals surface area contributed by atoms with Crippen molar-refractivity contribution in [3.8, 4) is 0 Å². The number of ether oxygens (including phenoxy) is 6. The first-order valence-corrected chi connectivity index (χ1v) is 19.7. The minimum Gasteiger partial charge on any atom is -0.396 e. The zero-order chi connectivity index (χ0) is 36.6. The van der Waals surface area contributed by atoms with Crippen molar-refractivity contribution in [2.24, 2.45) is 34.5 Å². The Kier molecular flexibility index (Phi) is 11.0. The fourth-order valence-corrected chi connectivity index (χ4v) is 12.0. The second-order valence-corrected chi connectivity index (χ2v) is 17.8. The summed E-state index contributed by atoms with van der Waals surface area (Å²) in [6.45, 7) is 9.62. The first-order valence-electron chi connectivity index (χ1n) is 19.7. The van der Waals surface area contributed by atoms with Crippen molar-refractivity contribution < 1.29 is 64.2 Å². The van der Waals surface area contributed by atoms with Crippen LogP contribution in [0.1, 0.15) is 105 Å². The van der Waals surface area contributed by atoms with Crippen LogP contribution in [0.15, 0.2) is 0 Å². The second-order valence-electron chi connectivity index (χ2n) is 17.8. The van der Waals surface area contributed by atoms with E-state index in [9.17, 15) is 35.7 Å². The highest BCUT2D eigenvalue weighted by Crippen LogP contribution is 2.69. The standard InChI is InChI=1S/C38H64O13/c1-18-33(44)26(40)14-31(46-18)50-35-20(3)48-32(16-28(35)42)51-34-19(2)47-30(15-27(34)41)49-23-9-10-36(4)21(12-23)6-7-24-25(36)13-29(43)37(5)22(17-39)8-11-38(24,37)45/h18-35,39-45H,6-17H2,1-5H3/t18?,19?,20?,21-,22-,23+,24-,25+,26-,27-,28-,29-,30+,31+,32-,33?,34?,35?,36+,37+,38+/m1/s1. The molecule has 21 atom stereocenters. The van der Waals surface area contributed by atoms with Crippen LogP contribution in [0, 0.1) is 34.5 Å². The lowest BCUT2D eigenvalue weighted by molar-refractivity contribution is -0.336. The van der Waals surface area contributed by atoms with Gasteiger partial charge in [-0.1, -0.05) is 13.8 Å². The summed E-state index contributed by atoms with van der Waals surface area (Å²) < 4.78 is 36.7. The highest BCUT2D eigenvalue weighted by molar-refractivity contribution is 5.19. The van der Waals surface area contributed by atoms with Crippen LogP contribution in [0.3, 0.4) is 0 Å². The molecule has 0 aromatic carbocycles. The van der Waals surface area contributed by atoms with Crippen molar-refractivity contribution in [1.29, 1.82) is 0 Å². The van der Waals surface area contributed by atoms with E-state index >= 15 is 0 Å². The summed E-state index contributed by atoms with van der Waals surface area (Å²) in [5.74, 6) is 0.641. The molecule has 0 bridgehead atoms. The van der Waals surface area contributed by atoms with Crippen molar-refractivity contribution in [2.45, 2.75) is 197 Å². The molecule has 294 valence electrons. The molecule has 0 aromatic rings. The van der Waals surface area contributed by atoms with Crippen molar-refractivity contribution in [2.75, 3.05) is 6.61 Å². The number of aliphatic hydroxyl groups excluding tert-OH is 6. The van der Waals surface area contributed by atoms with Crippen LogP contribution in [0.2, 0.25) is 0 Å². The predicted octanol–water partition coefficient (Wildman–Crippen LogP) is 1.73. The van der Waals surface area contributed by atoms with Crippen LogP contribution in [0.4, 0.5) is 0 Å². The zero-order valence-electron chi connectivity index (χ0n) is 31.0. The van der Waals surface area contributed by atoms with Gasteiger partial charge in [-0.15, -0.1) is 0 Å². The van der Waals surface area contributed by atoms with Gasteiger partial charge in [-0.2, -0.15) is 0 Å². The van der Waals surface area contributed by atoms with Crippen LogP contribution in [-0.4, -0.2) is 134 Å². The summed E-state index contributed by atoms with van der Waals surface area (Å²) >= 11 is 0. The first-order chi connectivity index (χ1) is 24.1. The molecule has 0 amide bonds. The van der Waals surface area contributed by atoms with E-state index in [4.69, 9.17) is 28.4 Å². The molecule has 7 rings (SSSR count). The Balaban J connectivity index is 0.904. The summed E-state index contributed by atoms with van der Waals surface area (Å²) in [6, 6.07) is 0. The van der Waals surface area contributed by atoms with Crippen LogP contribution >= 0.6 is 0 Å². The van der Waals surface area contributed by atoms with Crippen LogP contribution in [0.5, 0.6) is 0 Å². The molecular weight excluding hydrogens is 664 g/mol. The minimum absolute atomic E-state index is 0.00125. The first kappa shape index (κ1) is 38.7. The van der Waals surface area contributed by atoms with Gasteiger partial charge in [0, 0.05) is 31.3 Å². The maximum Gasteiger partial charge on any atom is 0.161 e. The third kappa shape index (κ3) is 6.65. The smallest absolute Gasteiger partial charge is 0.161 e. The average Bonchev–Trinajstić information content (AvgIpc) is 3.35. The predicted molar refractivity (Wildman–Crippen MR) is 181 cm³/mol. The van der Waals surface area contributed by atoms with Gasteiger partial charge in [-0.25, -0.2) is 0 Å². The lowest BCUT2D eigenvalue weighted by Crippen LogP contribution is -2.67. The van der Waals surface area contributed by atoms with Gasteiger partial charge in [-0.05, 0) is 101 Å². The van der Waals surface area contributed by atoms with E-state index in [0.29, 0.717) is 18.8 Å². The van der Waals surface area contributed by atoms with E-state index in [2.05, 4.69) is 6.92 Å². The maximum atomic E-state index is 12.2. The van der Waals surface area contributed by atoms with E-state index in [1.165, 1.54) is 0 Å². The quantitative estimate of drug-likeness (QED) is 0.188. The Morgan fingerprint density at radius 2 is 1.20 bits per heavy atom. The molecular formula is C38H64O13. The third-order valence-electron chi connectivity index (χ3n) is 15.2. The van der Waals surface area contributed by atoms with Crippen molar-refractivity contribution in [3.05, 3.63) is 0 Å². The van der Waals surface area contributed by atoms with Crippen molar-refractivity contribution in [3.63, 3.8) is 0 Å². The molecule has 4 aliphatic carbocycles. The maximum absolute atomic E-state index is 12.2. The average molecular weight is 729 g/mol. The molecule has 51 heavy (non-hydrogen) atoms. The van der Waals surface area contributed by atoms with Crippen LogP contribution in [-0.2, 0) is 28.4 Å². The molecule has 7 N–H and O–H groups in total. The number of rotatable bonds is 7. The minimum atomic E-state index is -0.999. The molecule has 13 heteroatoms. The molecule has 3 saturated heterocycles. The lowest BCUT2D eigenvalue weighted by atomic mass is 9.42. The highest BCUT2D eigenvalue weighted by Gasteiger charge is 2.70. The molecule has 3 aliphatic heterocycles. The number of hydrogen-bond acceptors (Lipinski definition) is 13. The third-order valence-corrected chi connectivity index (χ3v) is 15.2. The SMILES string of the molecule is CC1O[C@@H](OC2C(C)O[C@H](OC3C(C)O[C@@H](O[C@H]4CC[C@@]5(C)[C@H](CC[C@@H]6[C@@H]5C[C@@H](O)[C@]5(C)[C@@H](CO)CC[C@]65O)C4)C[C@H]3O)C[C@H]2O)C[C@@H](O)C1O. The Hall–Kier alpha value is -0.520. The van der Waals surface area contributed by atoms with Crippen molar-refractivity contribution >= 4 is 0 Å². The van der Waals surface area contributed by atoms with Gasteiger partial charge < -0.3 is 64.2 Å². The Labute approximate surface area is 301 Å². The number of fused-ring (bicyclic) bond motifs is 5. The molecule has 7 aliphatic rings. The van der Waals surface area contributed by atoms with Gasteiger partial charge in [0.1, 0.15) is 18.3 Å².